The van der Waals surface area contributed by atoms with Crippen molar-refractivity contribution in [3.8, 4) is 6.07 Å². The number of hydrogen-bond donors (Lipinski definition) is 1. The predicted octanol–water partition coefficient (Wildman–Crippen LogP) is 4.63. The zero-order valence-corrected chi connectivity index (χ0v) is 16.3. The van der Waals surface area contributed by atoms with Crippen molar-refractivity contribution in [2.75, 3.05) is 5.32 Å². The van der Waals surface area contributed by atoms with Gasteiger partial charge in [0.1, 0.15) is 16.7 Å². The van der Waals surface area contributed by atoms with E-state index in [4.69, 9.17) is 14.4 Å². The molecule has 1 N–H and O–H groups in total. The third-order valence-corrected chi connectivity index (χ3v) is 5.40. The molecule has 4 rings (SSSR count). The molecule has 1 amide bonds. The van der Waals surface area contributed by atoms with Gasteiger partial charge in [0.15, 0.2) is 6.10 Å². The summed E-state index contributed by atoms with van der Waals surface area (Å²) in [4.78, 5) is 24.7. The number of amides is 1. The Bertz CT molecular complexity index is 1260. The molecule has 0 unspecified atom stereocenters. The van der Waals surface area contributed by atoms with Crippen LogP contribution in [0.25, 0.3) is 21.7 Å². The highest BCUT2D eigenvalue weighted by atomic mass is 32.1. The lowest BCUT2D eigenvalue weighted by atomic mass is 10.0. The molecular weight excluding hydrogens is 388 g/mol. The molecular formula is C22H16N2O4S. The summed E-state index contributed by atoms with van der Waals surface area (Å²) >= 11 is 1.24. The Morgan fingerprint density at radius 1 is 1.24 bits per heavy atom. The number of nitrogens with zero attached hydrogens (tertiary/aromatic N) is 1. The third kappa shape index (κ3) is 3.71. The van der Waals surface area contributed by atoms with Crippen LogP contribution in [-0.4, -0.2) is 18.0 Å². The molecule has 0 aliphatic rings. The number of carbonyl (C=O) groups excluding carboxylic acids is 2. The molecule has 0 spiro atoms. The van der Waals surface area contributed by atoms with Gasteiger partial charge in [0, 0.05) is 10.9 Å². The number of nitrogens with one attached hydrogen (secondary N) is 1. The van der Waals surface area contributed by atoms with Gasteiger partial charge in [-0.2, -0.15) is 5.26 Å². The van der Waals surface area contributed by atoms with Crippen molar-refractivity contribution < 1.29 is 18.7 Å². The van der Waals surface area contributed by atoms with Gasteiger partial charge in [-0.05, 0) is 35.2 Å². The second kappa shape index (κ2) is 7.78. The Kier molecular flexibility index (Phi) is 5.02. The first-order chi connectivity index (χ1) is 14.1. The average molecular weight is 404 g/mol. The van der Waals surface area contributed by atoms with Crippen LogP contribution < -0.4 is 5.32 Å². The molecule has 0 aliphatic carbocycles. The summed E-state index contributed by atoms with van der Waals surface area (Å²) in [6, 6.07) is 15.3. The molecule has 0 radical (unpaired) electrons. The van der Waals surface area contributed by atoms with E-state index in [-0.39, 0.29) is 6.42 Å². The number of benzene rings is 2. The number of hydrogen-bond acceptors (Lipinski definition) is 6. The van der Waals surface area contributed by atoms with E-state index < -0.39 is 18.0 Å². The Morgan fingerprint density at radius 2 is 2.07 bits per heavy atom. The average Bonchev–Trinajstić information content (AvgIpc) is 3.34. The molecule has 0 saturated carbocycles. The molecule has 2 aromatic carbocycles. The number of anilines is 1. The van der Waals surface area contributed by atoms with E-state index in [2.05, 4.69) is 5.32 Å². The van der Waals surface area contributed by atoms with E-state index in [0.29, 0.717) is 21.7 Å². The van der Waals surface area contributed by atoms with Gasteiger partial charge in [-0.3, -0.25) is 9.59 Å². The minimum Gasteiger partial charge on any atom is -0.464 e. The topological polar surface area (TPSA) is 92.3 Å². The van der Waals surface area contributed by atoms with Gasteiger partial charge in [-0.25, -0.2) is 0 Å². The van der Waals surface area contributed by atoms with E-state index in [9.17, 15) is 9.59 Å². The van der Waals surface area contributed by atoms with Crippen molar-refractivity contribution in [1.29, 1.82) is 5.26 Å². The molecule has 4 aromatic rings. The van der Waals surface area contributed by atoms with E-state index in [1.54, 1.807) is 17.7 Å². The highest BCUT2D eigenvalue weighted by Crippen LogP contribution is 2.30. The normalized spacial score (nSPS) is 11.9. The van der Waals surface area contributed by atoms with Crippen LogP contribution in [0.5, 0.6) is 0 Å². The monoisotopic (exact) mass is 404 g/mol. The molecule has 7 heteroatoms. The van der Waals surface area contributed by atoms with Crippen molar-refractivity contribution in [3.05, 3.63) is 65.2 Å². The van der Waals surface area contributed by atoms with Crippen LogP contribution in [0, 0.1) is 11.3 Å². The molecule has 29 heavy (non-hydrogen) atoms. The van der Waals surface area contributed by atoms with Crippen LogP contribution in [0.1, 0.15) is 18.1 Å². The van der Waals surface area contributed by atoms with Gasteiger partial charge in [0.05, 0.1) is 18.2 Å². The Balaban J connectivity index is 1.48. The summed E-state index contributed by atoms with van der Waals surface area (Å²) in [7, 11) is 0. The number of thiophene rings is 1. The third-order valence-electron chi connectivity index (χ3n) is 4.57. The first-order valence-electron chi connectivity index (χ1n) is 8.92. The van der Waals surface area contributed by atoms with Crippen LogP contribution in [0.15, 0.2) is 58.5 Å². The number of esters is 1. The maximum Gasteiger partial charge on any atom is 0.311 e. The van der Waals surface area contributed by atoms with Crippen LogP contribution in [-0.2, 0) is 20.7 Å². The summed E-state index contributed by atoms with van der Waals surface area (Å²) in [5.41, 5.74) is 1.78. The molecule has 0 saturated heterocycles. The first kappa shape index (κ1) is 18.7. The van der Waals surface area contributed by atoms with Crippen LogP contribution >= 0.6 is 11.3 Å². The van der Waals surface area contributed by atoms with Crippen LogP contribution in [0.3, 0.4) is 0 Å². The van der Waals surface area contributed by atoms with Crippen LogP contribution in [0.2, 0.25) is 0 Å². The van der Waals surface area contributed by atoms with Crippen LogP contribution in [0.4, 0.5) is 5.00 Å². The molecule has 144 valence electrons. The summed E-state index contributed by atoms with van der Waals surface area (Å²) < 4.78 is 10.9. The largest absolute Gasteiger partial charge is 0.464 e. The number of nitriles is 1. The van der Waals surface area contributed by atoms with Gasteiger partial charge in [0.2, 0.25) is 0 Å². The maximum atomic E-state index is 12.4. The zero-order chi connectivity index (χ0) is 20.4. The lowest BCUT2D eigenvalue weighted by Crippen LogP contribution is -2.30. The molecule has 0 bridgehead atoms. The van der Waals surface area contributed by atoms with Crippen molar-refractivity contribution in [2.45, 2.75) is 19.4 Å². The Morgan fingerprint density at radius 3 is 2.90 bits per heavy atom. The van der Waals surface area contributed by atoms with Gasteiger partial charge < -0.3 is 14.5 Å². The van der Waals surface area contributed by atoms with Gasteiger partial charge in [-0.15, -0.1) is 11.3 Å². The fourth-order valence-corrected chi connectivity index (χ4v) is 3.90. The van der Waals surface area contributed by atoms with Crippen molar-refractivity contribution in [2.24, 2.45) is 0 Å². The highest BCUT2D eigenvalue weighted by molar-refractivity contribution is 7.14. The number of rotatable bonds is 5. The fraction of sp³-hybridized carbons (Fsp3) is 0.136. The Labute approximate surface area is 170 Å². The molecule has 1 atom stereocenters. The summed E-state index contributed by atoms with van der Waals surface area (Å²) in [6.45, 7) is 1.50. The van der Waals surface area contributed by atoms with E-state index in [0.717, 1.165) is 16.2 Å². The van der Waals surface area contributed by atoms with Gasteiger partial charge in [0.25, 0.3) is 5.91 Å². The lowest BCUT2D eigenvalue weighted by molar-refractivity contribution is -0.152. The quantitative estimate of drug-likeness (QED) is 0.490. The van der Waals surface area contributed by atoms with Crippen molar-refractivity contribution in [3.63, 3.8) is 0 Å². The molecule has 2 aromatic heterocycles. The maximum absolute atomic E-state index is 12.4. The van der Waals surface area contributed by atoms with Crippen molar-refractivity contribution >= 4 is 50.0 Å². The number of furan rings is 1. The molecule has 0 fully saturated rings. The molecule has 6 nitrogen and oxygen atoms in total. The SMILES string of the molecule is C[C@@H](OC(=O)Cc1coc2ccc3ccccc3c12)C(=O)Nc1sccc1C#N. The number of carbonyl (C=O) groups is 2. The number of fused-ring (bicyclic) bond motifs is 3. The Hall–Kier alpha value is -3.63. The second-order valence-electron chi connectivity index (χ2n) is 6.49. The smallest absolute Gasteiger partial charge is 0.311 e. The minimum atomic E-state index is -0.994. The second-order valence-corrected chi connectivity index (χ2v) is 7.41. The molecule has 2 heterocycles. The van der Waals surface area contributed by atoms with Crippen molar-refractivity contribution in [1.82, 2.24) is 0 Å². The van der Waals surface area contributed by atoms with Gasteiger partial charge in [-0.1, -0.05) is 30.3 Å². The summed E-state index contributed by atoms with van der Waals surface area (Å²) in [5, 5.41) is 16.7. The number of ether oxygens (including phenoxy) is 1. The van der Waals surface area contributed by atoms with E-state index >= 15 is 0 Å². The zero-order valence-electron chi connectivity index (χ0n) is 15.5. The van der Waals surface area contributed by atoms with Gasteiger partial charge >= 0.3 is 5.97 Å². The fourth-order valence-electron chi connectivity index (χ4n) is 3.16. The highest BCUT2D eigenvalue weighted by Gasteiger charge is 2.21. The van der Waals surface area contributed by atoms with E-state index in [1.165, 1.54) is 18.3 Å². The van der Waals surface area contributed by atoms with E-state index in [1.807, 2.05) is 42.5 Å². The summed E-state index contributed by atoms with van der Waals surface area (Å²) in [5.74, 6) is -1.02. The first-order valence-corrected chi connectivity index (χ1v) is 9.80. The predicted molar refractivity (Wildman–Crippen MR) is 111 cm³/mol. The summed E-state index contributed by atoms with van der Waals surface area (Å²) in [6.07, 6.45) is 0.542. The minimum absolute atomic E-state index is 0.0128. The molecule has 0 aliphatic heterocycles. The lowest BCUT2D eigenvalue weighted by Gasteiger charge is -2.13. The standard InChI is InChI=1S/C22H16N2O4S/c1-13(21(26)24-22-15(11-23)8-9-29-22)28-19(25)10-16-12-27-18-7-6-14-4-2-3-5-17(14)20(16)18/h2-9,12-13H,10H2,1H3,(H,24,26)/t13-/m1/s1.